The number of amides is 2. The van der Waals surface area contributed by atoms with Gasteiger partial charge in [-0.15, -0.1) is 11.3 Å². The Morgan fingerprint density at radius 1 is 1.19 bits per heavy atom. The Bertz CT molecular complexity index is 1030. The monoisotopic (exact) mass is 446 g/mol. The van der Waals surface area contributed by atoms with Crippen LogP contribution in [0.15, 0.2) is 18.2 Å². The Morgan fingerprint density at radius 3 is 2.71 bits per heavy atom. The predicted molar refractivity (Wildman–Crippen MR) is 112 cm³/mol. The zero-order valence-corrected chi connectivity index (χ0v) is 18.0. The van der Waals surface area contributed by atoms with Gasteiger partial charge in [0.25, 0.3) is 5.91 Å². The molecule has 2 aromatic rings. The lowest BCUT2D eigenvalue weighted by atomic mass is 10.0. The third-order valence-corrected chi connectivity index (χ3v) is 6.14. The Labute approximate surface area is 182 Å². The Kier molecular flexibility index (Phi) is 5.99. The first-order chi connectivity index (χ1) is 15.0. The van der Waals surface area contributed by atoms with Crippen LogP contribution in [-0.2, 0) is 22.4 Å². The van der Waals surface area contributed by atoms with Gasteiger partial charge < -0.3 is 29.2 Å². The fourth-order valence-electron chi connectivity index (χ4n) is 3.54. The van der Waals surface area contributed by atoms with Gasteiger partial charge >= 0.3 is 12.1 Å². The average molecular weight is 446 g/mol. The molecular weight excluding hydrogens is 424 g/mol. The molecule has 1 N–H and O–H groups in total. The average Bonchev–Trinajstić information content (AvgIpc) is 3.15. The van der Waals surface area contributed by atoms with Crippen LogP contribution in [-0.4, -0.2) is 56.3 Å². The number of anilines is 1. The number of methoxy groups -OCH3 is 1. The van der Waals surface area contributed by atoms with Gasteiger partial charge in [0.15, 0.2) is 11.5 Å². The number of fused-ring (bicyclic) bond motifs is 2. The molecule has 0 saturated carbocycles. The number of nitrogens with zero attached hydrogens (tertiary/aromatic N) is 1. The van der Waals surface area contributed by atoms with Crippen molar-refractivity contribution in [2.45, 2.75) is 19.9 Å². The van der Waals surface area contributed by atoms with Crippen LogP contribution in [0.4, 0.5) is 9.80 Å². The highest BCUT2D eigenvalue weighted by Crippen LogP contribution is 2.38. The quantitative estimate of drug-likeness (QED) is 0.720. The highest BCUT2D eigenvalue weighted by Gasteiger charge is 2.31. The van der Waals surface area contributed by atoms with E-state index in [1.807, 2.05) is 0 Å². The summed E-state index contributed by atoms with van der Waals surface area (Å²) in [5, 5.41) is 3.21. The van der Waals surface area contributed by atoms with Crippen molar-refractivity contribution in [2.75, 3.05) is 38.8 Å². The number of carbonyl (C=O) groups excluding carboxylic acids is 3. The fraction of sp³-hybridized carbons (Fsp3) is 0.381. The smallest absolute Gasteiger partial charge is 0.410 e. The molecule has 0 atom stereocenters. The lowest BCUT2D eigenvalue weighted by molar-refractivity contribution is 0.0600. The molecule has 10 heteroatoms. The minimum absolute atomic E-state index is 0.289. The third kappa shape index (κ3) is 4.15. The Balaban J connectivity index is 1.60. The van der Waals surface area contributed by atoms with Crippen LogP contribution in [0.25, 0.3) is 0 Å². The summed E-state index contributed by atoms with van der Waals surface area (Å²) in [7, 11) is 1.30. The Hall–Kier alpha value is -3.27. The number of carbonyl (C=O) groups is 3. The summed E-state index contributed by atoms with van der Waals surface area (Å²) in [5.74, 6) is 0.175. The molecular formula is C21H22N2O7S. The van der Waals surface area contributed by atoms with Gasteiger partial charge in [0.2, 0.25) is 0 Å². The summed E-state index contributed by atoms with van der Waals surface area (Å²) in [6, 6.07) is 4.93. The van der Waals surface area contributed by atoms with Gasteiger partial charge in [0.05, 0.1) is 25.8 Å². The summed E-state index contributed by atoms with van der Waals surface area (Å²) in [6.07, 6.45) is 0.0673. The fourth-order valence-corrected chi connectivity index (χ4v) is 4.79. The van der Waals surface area contributed by atoms with E-state index in [9.17, 15) is 14.4 Å². The summed E-state index contributed by atoms with van der Waals surface area (Å²) < 4.78 is 21.1. The van der Waals surface area contributed by atoms with Crippen molar-refractivity contribution < 1.29 is 33.3 Å². The molecule has 0 bridgehead atoms. The van der Waals surface area contributed by atoms with E-state index in [1.165, 1.54) is 18.4 Å². The van der Waals surface area contributed by atoms with Crippen molar-refractivity contribution in [1.29, 1.82) is 0 Å². The van der Waals surface area contributed by atoms with Gasteiger partial charge in [0.1, 0.15) is 18.2 Å². The molecule has 0 aliphatic carbocycles. The molecule has 0 spiro atoms. The van der Waals surface area contributed by atoms with Gasteiger partial charge in [-0.2, -0.15) is 0 Å². The Morgan fingerprint density at radius 2 is 1.97 bits per heavy atom. The molecule has 0 fully saturated rings. The van der Waals surface area contributed by atoms with Crippen molar-refractivity contribution in [3.8, 4) is 11.5 Å². The summed E-state index contributed by atoms with van der Waals surface area (Å²) in [6.45, 7) is 3.64. The van der Waals surface area contributed by atoms with Crippen LogP contribution in [0.1, 0.15) is 38.1 Å². The van der Waals surface area contributed by atoms with E-state index < -0.39 is 12.1 Å². The lowest BCUT2D eigenvalue weighted by Gasteiger charge is -2.26. The number of rotatable bonds is 4. The minimum atomic E-state index is -0.528. The molecule has 2 aliphatic heterocycles. The van der Waals surface area contributed by atoms with Crippen molar-refractivity contribution in [3.63, 3.8) is 0 Å². The summed E-state index contributed by atoms with van der Waals surface area (Å²) in [5.41, 5.74) is 1.49. The van der Waals surface area contributed by atoms with Crippen LogP contribution in [0, 0.1) is 0 Å². The van der Waals surface area contributed by atoms with Crippen LogP contribution >= 0.6 is 11.3 Å². The molecule has 9 nitrogen and oxygen atoms in total. The number of thiophene rings is 1. The van der Waals surface area contributed by atoms with E-state index in [0.29, 0.717) is 60.4 Å². The lowest BCUT2D eigenvalue weighted by Crippen LogP contribution is -2.36. The second-order valence-corrected chi connectivity index (χ2v) is 7.99. The van der Waals surface area contributed by atoms with Gasteiger partial charge in [-0.05, 0) is 37.1 Å². The second kappa shape index (κ2) is 8.84. The highest BCUT2D eigenvalue weighted by molar-refractivity contribution is 7.17. The first-order valence-electron chi connectivity index (χ1n) is 9.87. The van der Waals surface area contributed by atoms with Gasteiger partial charge in [-0.3, -0.25) is 4.79 Å². The number of esters is 1. The van der Waals surface area contributed by atoms with Gasteiger partial charge in [-0.1, -0.05) is 0 Å². The number of hydrogen-bond acceptors (Lipinski definition) is 8. The second-order valence-electron chi connectivity index (χ2n) is 6.88. The minimum Gasteiger partial charge on any atom is -0.486 e. The molecule has 0 unspecified atom stereocenters. The SMILES string of the molecule is CCOC(=O)N1CCc2c(sc(NC(=O)c3ccc4c(c3)OCCO4)c2C(=O)OC)C1. The zero-order valence-electron chi connectivity index (χ0n) is 17.2. The van der Waals surface area contributed by atoms with E-state index >= 15 is 0 Å². The first kappa shape index (κ1) is 21.0. The van der Waals surface area contributed by atoms with Crippen LogP contribution < -0.4 is 14.8 Å². The first-order valence-corrected chi connectivity index (χ1v) is 10.7. The van der Waals surface area contributed by atoms with E-state index in [-0.39, 0.29) is 12.5 Å². The third-order valence-electron chi connectivity index (χ3n) is 5.00. The maximum absolute atomic E-state index is 12.9. The van der Waals surface area contributed by atoms with E-state index in [0.717, 1.165) is 10.4 Å². The summed E-state index contributed by atoms with van der Waals surface area (Å²) in [4.78, 5) is 39.9. The normalized spacial score (nSPS) is 14.5. The molecule has 0 radical (unpaired) electrons. The zero-order chi connectivity index (χ0) is 22.0. The number of nitrogens with one attached hydrogen (secondary N) is 1. The maximum atomic E-state index is 12.9. The molecule has 31 heavy (non-hydrogen) atoms. The van der Waals surface area contributed by atoms with E-state index in [4.69, 9.17) is 18.9 Å². The topological polar surface area (TPSA) is 103 Å². The molecule has 3 heterocycles. The predicted octanol–water partition coefficient (Wildman–Crippen LogP) is 3.07. The molecule has 1 aromatic carbocycles. The standard InChI is InChI=1S/C21H22N2O7S/c1-3-28-21(26)23-7-6-13-16(11-23)31-19(17(13)20(25)27-2)22-18(24)12-4-5-14-15(10-12)30-9-8-29-14/h4-5,10H,3,6-9,11H2,1-2H3,(H,22,24). The van der Waals surface area contributed by atoms with Crippen LogP contribution in [0.5, 0.6) is 11.5 Å². The molecule has 164 valence electrons. The largest absolute Gasteiger partial charge is 0.486 e. The number of ether oxygens (including phenoxy) is 4. The van der Waals surface area contributed by atoms with Crippen LogP contribution in [0.3, 0.4) is 0 Å². The van der Waals surface area contributed by atoms with Crippen LogP contribution in [0.2, 0.25) is 0 Å². The van der Waals surface area contributed by atoms with E-state index in [1.54, 1.807) is 30.0 Å². The molecule has 0 saturated heterocycles. The van der Waals surface area contributed by atoms with Gasteiger partial charge in [0, 0.05) is 17.0 Å². The van der Waals surface area contributed by atoms with Crippen molar-refractivity contribution in [1.82, 2.24) is 4.90 Å². The molecule has 4 rings (SSSR count). The van der Waals surface area contributed by atoms with Crippen molar-refractivity contribution >= 4 is 34.3 Å². The number of benzene rings is 1. The van der Waals surface area contributed by atoms with E-state index in [2.05, 4.69) is 5.32 Å². The van der Waals surface area contributed by atoms with Crippen molar-refractivity contribution in [3.05, 3.63) is 39.8 Å². The highest BCUT2D eigenvalue weighted by atomic mass is 32.1. The van der Waals surface area contributed by atoms with Crippen molar-refractivity contribution in [2.24, 2.45) is 0 Å². The molecule has 2 amide bonds. The summed E-state index contributed by atoms with van der Waals surface area (Å²) >= 11 is 1.26. The van der Waals surface area contributed by atoms with Gasteiger partial charge in [-0.25, -0.2) is 9.59 Å². The number of hydrogen-bond donors (Lipinski definition) is 1. The molecule has 2 aliphatic rings. The molecule has 1 aromatic heterocycles. The maximum Gasteiger partial charge on any atom is 0.410 e.